The van der Waals surface area contributed by atoms with E-state index in [1.54, 1.807) is 0 Å². The Morgan fingerprint density at radius 1 is 0.314 bits per heavy atom. The van der Waals surface area contributed by atoms with Crippen LogP contribution in [0.2, 0.25) is 0 Å². The summed E-state index contributed by atoms with van der Waals surface area (Å²) >= 11 is 0. The fourth-order valence-corrected chi connectivity index (χ4v) is 10.3. The van der Waals surface area contributed by atoms with Gasteiger partial charge in [-0.2, -0.15) is 10.2 Å². The van der Waals surface area contributed by atoms with E-state index in [1.165, 1.54) is 21.8 Å². The summed E-state index contributed by atoms with van der Waals surface area (Å²) in [5.74, 6) is 0.108. The van der Waals surface area contributed by atoms with E-state index in [0.29, 0.717) is 0 Å². The number of rotatable bonds is 10. The number of benzene rings is 8. The predicted octanol–water partition coefficient (Wildman–Crippen LogP) is 13.3. The molecular weight excluding hydrogens is 853 g/mol. The molecular formula is C64H46N6. The molecule has 0 spiro atoms. The van der Waals surface area contributed by atoms with E-state index in [4.69, 9.17) is 10.2 Å². The normalized spacial score (nSPS) is 14.9. The van der Waals surface area contributed by atoms with Crippen LogP contribution in [0.15, 0.2) is 255 Å². The van der Waals surface area contributed by atoms with Gasteiger partial charge in [-0.1, -0.05) is 200 Å². The second-order valence-electron chi connectivity index (χ2n) is 17.9. The molecule has 332 valence electrons. The molecule has 3 aromatic heterocycles. The highest BCUT2D eigenvalue weighted by Crippen LogP contribution is 2.41. The second kappa shape index (κ2) is 17.4. The molecule has 2 unspecified atom stereocenters. The van der Waals surface area contributed by atoms with Gasteiger partial charge in [0.2, 0.25) is 0 Å². The minimum Gasteiger partial charge on any atom is -0.333 e. The summed E-state index contributed by atoms with van der Waals surface area (Å²) in [6.07, 6.45) is 7.41. The third-order valence-corrected chi connectivity index (χ3v) is 13.6. The number of hydrogen-bond donors (Lipinski definition) is 0. The molecule has 13 rings (SSSR count). The van der Waals surface area contributed by atoms with Crippen LogP contribution in [0, 0.1) is 5.92 Å². The van der Waals surface area contributed by atoms with E-state index in [9.17, 15) is 0 Å². The van der Waals surface area contributed by atoms with Crippen molar-refractivity contribution in [2.75, 3.05) is 4.90 Å². The van der Waals surface area contributed by atoms with Crippen molar-refractivity contribution in [2.24, 2.45) is 5.92 Å². The van der Waals surface area contributed by atoms with Crippen LogP contribution in [0.3, 0.4) is 0 Å². The maximum absolute atomic E-state index is 5.19. The largest absolute Gasteiger partial charge is 0.333 e. The molecule has 6 heteroatoms. The van der Waals surface area contributed by atoms with Crippen molar-refractivity contribution < 1.29 is 0 Å². The van der Waals surface area contributed by atoms with Gasteiger partial charge in [-0.3, -0.25) is 0 Å². The minimum atomic E-state index is 0.0553. The fraction of sp³-hybridized carbons (Fsp3) is 0.0312. The van der Waals surface area contributed by atoms with Crippen LogP contribution in [0.4, 0.5) is 5.69 Å². The summed E-state index contributed by atoms with van der Waals surface area (Å²) < 4.78 is 6.59. The van der Waals surface area contributed by atoms with E-state index in [1.807, 2.05) is 12.1 Å². The highest BCUT2D eigenvalue weighted by molar-refractivity contribution is 5.87. The molecule has 0 amide bonds. The fourth-order valence-electron chi connectivity index (χ4n) is 10.3. The van der Waals surface area contributed by atoms with E-state index >= 15 is 0 Å². The number of aromatic nitrogens is 5. The summed E-state index contributed by atoms with van der Waals surface area (Å²) in [7, 11) is 0. The molecule has 0 saturated heterocycles. The lowest BCUT2D eigenvalue weighted by Crippen LogP contribution is -2.41. The van der Waals surface area contributed by atoms with E-state index in [2.05, 4.69) is 274 Å². The summed E-state index contributed by atoms with van der Waals surface area (Å²) in [5.41, 5.74) is 17.3. The molecule has 1 aliphatic carbocycles. The Morgan fingerprint density at radius 2 is 0.700 bits per heavy atom. The van der Waals surface area contributed by atoms with Gasteiger partial charge in [-0.15, -0.1) is 0 Å². The summed E-state index contributed by atoms with van der Waals surface area (Å²) in [5, 5.41) is 12.8. The third-order valence-electron chi connectivity index (χ3n) is 13.6. The van der Waals surface area contributed by atoms with Crippen molar-refractivity contribution in [3.8, 4) is 73.3 Å². The summed E-state index contributed by atoms with van der Waals surface area (Å²) in [6, 6.07) is 88.0. The monoisotopic (exact) mass is 898 g/mol. The van der Waals surface area contributed by atoms with Gasteiger partial charge in [-0.25, -0.2) is 9.36 Å². The van der Waals surface area contributed by atoms with Gasteiger partial charge in [0.1, 0.15) is 0 Å². The van der Waals surface area contributed by atoms with Gasteiger partial charge in [0, 0.05) is 50.6 Å². The highest BCUT2D eigenvalue weighted by atomic mass is 15.3. The lowest BCUT2D eigenvalue weighted by molar-refractivity contribution is 0.757. The standard InChI is InChI=1S/C64H46N6/c1-7-19-45(20-8-1)57-43-63(49-27-15-5-16-28-49)69(65-57)55-35-31-53(32-36-55)67-59(47-23-11-3-12-24-47)39-51-42-62-52(41-61(51)67)40-60(48-25-13-4-14-26-48)68(62)54-33-37-56(38-34-54)70-64(50-29-17-6-18-30-50)44-58(66-70)46-21-9-2-10-22-46/h1-44,51,61H. The molecule has 8 aromatic carbocycles. The van der Waals surface area contributed by atoms with Crippen molar-refractivity contribution in [1.29, 1.82) is 0 Å². The lowest BCUT2D eigenvalue weighted by Gasteiger charge is -2.31. The zero-order valence-corrected chi connectivity index (χ0v) is 38.2. The van der Waals surface area contributed by atoms with Gasteiger partial charge in [0.05, 0.1) is 45.9 Å². The molecule has 70 heavy (non-hydrogen) atoms. The van der Waals surface area contributed by atoms with E-state index in [0.717, 1.165) is 79.0 Å². The Morgan fingerprint density at radius 3 is 1.16 bits per heavy atom. The smallest absolute Gasteiger partial charge is 0.0934 e. The first-order valence-corrected chi connectivity index (χ1v) is 23.9. The molecule has 0 N–H and O–H groups in total. The SMILES string of the molecule is C1=C(c2ccccc2)N(c2ccc(-n3nc(-c4ccccc4)cc3-c3ccccc3)cc2)C2C=c3cc(-c4ccccc4)n(-c4ccc(-n5nc(-c6ccccc6)cc5-c5ccccc5)cc4)c3=CC12. The Balaban J connectivity index is 0.907. The number of hydrogen-bond acceptors (Lipinski definition) is 3. The summed E-state index contributed by atoms with van der Waals surface area (Å²) in [6.45, 7) is 0. The topological polar surface area (TPSA) is 43.8 Å². The van der Waals surface area contributed by atoms with Gasteiger partial charge in [0.15, 0.2) is 0 Å². The van der Waals surface area contributed by atoms with Crippen LogP contribution >= 0.6 is 0 Å². The maximum atomic E-state index is 5.19. The highest BCUT2D eigenvalue weighted by Gasteiger charge is 2.36. The van der Waals surface area contributed by atoms with Crippen LogP contribution in [-0.2, 0) is 0 Å². The summed E-state index contributed by atoms with van der Waals surface area (Å²) in [4.78, 5) is 2.52. The molecule has 6 nitrogen and oxygen atoms in total. The van der Waals surface area contributed by atoms with Crippen molar-refractivity contribution in [1.82, 2.24) is 24.1 Å². The molecule has 0 radical (unpaired) electrons. The van der Waals surface area contributed by atoms with Gasteiger partial charge in [0.25, 0.3) is 0 Å². The zero-order valence-electron chi connectivity index (χ0n) is 38.2. The van der Waals surface area contributed by atoms with Crippen LogP contribution in [0.25, 0.3) is 91.2 Å². The number of fused-ring (bicyclic) bond motifs is 2. The van der Waals surface area contributed by atoms with Crippen LogP contribution in [0.5, 0.6) is 0 Å². The zero-order chi connectivity index (χ0) is 46.4. The van der Waals surface area contributed by atoms with E-state index < -0.39 is 0 Å². The molecule has 0 saturated carbocycles. The first-order valence-electron chi connectivity index (χ1n) is 23.9. The van der Waals surface area contributed by atoms with E-state index in [-0.39, 0.29) is 12.0 Å². The first-order chi connectivity index (χ1) is 34.7. The Kier molecular flexibility index (Phi) is 10.2. The number of nitrogens with zero attached hydrogens (tertiary/aromatic N) is 6. The van der Waals surface area contributed by atoms with Crippen LogP contribution in [0.1, 0.15) is 5.56 Å². The molecule has 2 aliphatic rings. The molecule has 4 heterocycles. The Labute approximate surface area is 407 Å². The lowest BCUT2D eigenvalue weighted by atomic mass is 9.96. The van der Waals surface area contributed by atoms with Crippen molar-refractivity contribution in [3.63, 3.8) is 0 Å². The average Bonchev–Trinajstić information content (AvgIpc) is 4.26. The third kappa shape index (κ3) is 7.39. The molecule has 0 fully saturated rings. The predicted molar refractivity (Wildman–Crippen MR) is 286 cm³/mol. The Hall–Kier alpha value is -9.26. The average molecular weight is 899 g/mol. The molecule has 11 aromatic rings. The van der Waals surface area contributed by atoms with Gasteiger partial charge in [-0.05, 0) is 83.1 Å². The van der Waals surface area contributed by atoms with Gasteiger partial charge >= 0.3 is 0 Å². The van der Waals surface area contributed by atoms with Gasteiger partial charge < -0.3 is 9.47 Å². The first kappa shape index (κ1) is 41.0. The van der Waals surface area contributed by atoms with Crippen LogP contribution < -0.4 is 15.5 Å². The molecule has 1 aliphatic heterocycles. The molecule has 2 atom stereocenters. The van der Waals surface area contributed by atoms with Crippen molar-refractivity contribution in [2.45, 2.75) is 6.04 Å². The second-order valence-corrected chi connectivity index (χ2v) is 17.9. The Bertz CT molecular complexity index is 3780. The van der Waals surface area contributed by atoms with Crippen molar-refractivity contribution in [3.05, 3.63) is 271 Å². The van der Waals surface area contributed by atoms with Crippen molar-refractivity contribution >= 4 is 23.5 Å². The maximum Gasteiger partial charge on any atom is 0.0934 e. The molecule has 0 bridgehead atoms. The quantitative estimate of drug-likeness (QED) is 0.137. The van der Waals surface area contributed by atoms with Crippen LogP contribution in [-0.4, -0.2) is 30.2 Å². The minimum absolute atomic E-state index is 0.0553. The number of anilines is 1.